The molecule has 0 atom stereocenters. The summed E-state index contributed by atoms with van der Waals surface area (Å²) in [6.45, 7) is 0. The van der Waals surface area contributed by atoms with Crippen LogP contribution < -0.4 is 0 Å². The van der Waals surface area contributed by atoms with Gasteiger partial charge in [0.05, 0.1) is 11.2 Å². The maximum absolute atomic E-state index is 6.96. The van der Waals surface area contributed by atoms with Crippen LogP contribution in [0.15, 0.2) is 239 Å². The summed E-state index contributed by atoms with van der Waals surface area (Å²) in [5, 5.41) is 7.66. The first-order chi connectivity index (χ1) is 34.7. The van der Waals surface area contributed by atoms with Crippen molar-refractivity contribution in [2.45, 2.75) is 0 Å². The van der Waals surface area contributed by atoms with Gasteiger partial charge in [-0.25, -0.2) is 19.9 Å². The summed E-state index contributed by atoms with van der Waals surface area (Å²) >= 11 is 0. The molecule has 70 heavy (non-hydrogen) atoms. The van der Waals surface area contributed by atoms with E-state index in [2.05, 4.69) is 164 Å². The van der Waals surface area contributed by atoms with Crippen LogP contribution >= 0.6 is 0 Å². The number of hydrogen-bond acceptors (Lipinski definition) is 6. The molecule has 4 aromatic heterocycles. The van der Waals surface area contributed by atoms with E-state index in [0.29, 0.717) is 17.5 Å². The van der Waals surface area contributed by atoms with Crippen LogP contribution in [0.25, 0.3) is 144 Å². The van der Waals surface area contributed by atoms with Crippen LogP contribution in [0.2, 0.25) is 0 Å². The fraction of sp³-hybridized carbons (Fsp3) is 0. The molecule has 14 aromatic rings. The number of hydrogen-bond donors (Lipinski definition) is 0. The van der Waals surface area contributed by atoms with Crippen molar-refractivity contribution in [3.8, 4) is 78.8 Å². The van der Waals surface area contributed by atoms with Gasteiger partial charge in [0.2, 0.25) is 0 Å². The van der Waals surface area contributed by atoms with Crippen molar-refractivity contribution in [2.75, 3.05) is 0 Å². The molecular weight excluding hydrogens is 857 g/mol. The molecular formula is C64H38N4O2. The highest BCUT2D eigenvalue weighted by atomic mass is 16.3. The van der Waals surface area contributed by atoms with E-state index in [4.69, 9.17) is 28.8 Å². The van der Waals surface area contributed by atoms with Crippen LogP contribution in [0.1, 0.15) is 0 Å². The van der Waals surface area contributed by atoms with Gasteiger partial charge in [0.25, 0.3) is 0 Å². The monoisotopic (exact) mass is 894 g/mol. The van der Waals surface area contributed by atoms with Crippen molar-refractivity contribution in [1.82, 2.24) is 19.9 Å². The minimum atomic E-state index is 0.604. The molecule has 0 aliphatic heterocycles. The second-order valence-electron chi connectivity index (χ2n) is 17.7. The number of rotatable bonds is 7. The average molecular weight is 895 g/mol. The molecule has 0 aliphatic carbocycles. The van der Waals surface area contributed by atoms with Crippen LogP contribution in [-0.2, 0) is 0 Å². The largest absolute Gasteiger partial charge is 0.456 e. The number of aromatic nitrogens is 4. The zero-order valence-corrected chi connectivity index (χ0v) is 37.5. The first-order valence-corrected chi connectivity index (χ1v) is 23.4. The molecule has 0 amide bonds. The molecule has 0 fully saturated rings. The van der Waals surface area contributed by atoms with Gasteiger partial charge in [-0.1, -0.05) is 194 Å². The molecule has 0 N–H and O–H groups in total. The lowest BCUT2D eigenvalue weighted by atomic mass is 9.95. The molecule has 14 rings (SSSR count). The molecule has 0 unspecified atom stereocenters. The van der Waals surface area contributed by atoms with Crippen LogP contribution in [0.3, 0.4) is 0 Å². The summed E-state index contributed by atoms with van der Waals surface area (Å²) in [6.07, 6.45) is 0. The van der Waals surface area contributed by atoms with E-state index >= 15 is 0 Å². The summed E-state index contributed by atoms with van der Waals surface area (Å²) in [4.78, 5) is 20.1. The standard InChI is InChI=1S/C64H38N4O2/c1-4-15-41(16-5-1)59-52-34-36-56-58(57(52)51-23-10-11-28-54(51)65-59)53-38-44(33-35-55(53)69-56)39-29-31-40(32-30-39)47-24-13-26-49-50-27-14-25-48(61(50)70-60(47)49)45-21-12-22-46(37-45)64-67-62(42-17-6-2-7-18-42)66-63(68-64)43-19-8-3-9-20-43/h1-38H. The third-order valence-corrected chi connectivity index (χ3v) is 13.5. The third kappa shape index (κ3) is 6.57. The smallest absolute Gasteiger partial charge is 0.164 e. The molecule has 6 heteroatoms. The lowest BCUT2D eigenvalue weighted by Crippen LogP contribution is -2.00. The van der Waals surface area contributed by atoms with E-state index in [-0.39, 0.29) is 0 Å². The Morgan fingerprint density at radius 3 is 1.46 bits per heavy atom. The van der Waals surface area contributed by atoms with Crippen molar-refractivity contribution in [1.29, 1.82) is 0 Å². The molecule has 10 aromatic carbocycles. The molecule has 0 radical (unpaired) electrons. The fourth-order valence-corrected chi connectivity index (χ4v) is 10.2. The van der Waals surface area contributed by atoms with Gasteiger partial charge < -0.3 is 8.83 Å². The minimum absolute atomic E-state index is 0.604. The summed E-state index contributed by atoms with van der Waals surface area (Å²) in [5.74, 6) is 1.86. The summed E-state index contributed by atoms with van der Waals surface area (Å²) in [5.41, 5.74) is 15.5. The third-order valence-electron chi connectivity index (χ3n) is 13.5. The Balaban J connectivity index is 0.840. The molecule has 326 valence electrons. The Bertz CT molecular complexity index is 4280. The Morgan fingerprint density at radius 1 is 0.257 bits per heavy atom. The van der Waals surface area contributed by atoms with Crippen molar-refractivity contribution < 1.29 is 8.83 Å². The Morgan fingerprint density at radius 2 is 0.771 bits per heavy atom. The van der Waals surface area contributed by atoms with Gasteiger partial charge in [-0.15, -0.1) is 0 Å². The topological polar surface area (TPSA) is 77.8 Å². The van der Waals surface area contributed by atoms with Crippen LogP contribution in [0, 0.1) is 0 Å². The number of fused-ring (bicyclic) bond motifs is 10. The molecule has 4 heterocycles. The van der Waals surface area contributed by atoms with Gasteiger partial charge >= 0.3 is 0 Å². The normalized spacial score (nSPS) is 11.7. The SMILES string of the molecule is c1ccc(-c2nc(-c3ccccc3)nc(-c3cccc(-c4cccc5c4oc4c(-c6ccc(-c7ccc8oc9ccc%10c(-c%11ccccc%11)nc%11ccccc%11c%10c9c8c7)cc6)cccc45)c3)n2)cc1. The zero-order chi connectivity index (χ0) is 46.1. The number of para-hydroxylation sites is 3. The Kier molecular flexibility index (Phi) is 9.10. The lowest BCUT2D eigenvalue weighted by molar-refractivity contribution is 0.669. The maximum Gasteiger partial charge on any atom is 0.164 e. The summed E-state index contributed by atoms with van der Waals surface area (Å²) in [7, 11) is 0. The number of benzene rings is 10. The first kappa shape index (κ1) is 39.6. The first-order valence-electron chi connectivity index (χ1n) is 23.4. The van der Waals surface area contributed by atoms with Gasteiger partial charge in [-0.05, 0) is 58.7 Å². The van der Waals surface area contributed by atoms with Crippen molar-refractivity contribution in [3.63, 3.8) is 0 Å². The number of nitrogens with zero attached hydrogens (tertiary/aromatic N) is 4. The molecule has 0 bridgehead atoms. The number of furan rings is 2. The predicted octanol–water partition coefficient (Wildman–Crippen LogP) is 17.0. The zero-order valence-electron chi connectivity index (χ0n) is 37.5. The van der Waals surface area contributed by atoms with E-state index in [9.17, 15) is 0 Å². The molecule has 0 spiro atoms. The van der Waals surface area contributed by atoms with Gasteiger partial charge in [-0.3, -0.25) is 0 Å². The predicted molar refractivity (Wildman–Crippen MR) is 285 cm³/mol. The highest BCUT2D eigenvalue weighted by Crippen LogP contribution is 2.44. The second-order valence-corrected chi connectivity index (χ2v) is 17.7. The highest BCUT2D eigenvalue weighted by molar-refractivity contribution is 6.28. The summed E-state index contributed by atoms with van der Waals surface area (Å²) < 4.78 is 13.5. The van der Waals surface area contributed by atoms with Gasteiger partial charge in [0.1, 0.15) is 22.3 Å². The van der Waals surface area contributed by atoms with E-state index in [0.717, 1.165) is 127 Å². The van der Waals surface area contributed by atoms with Crippen molar-refractivity contribution in [2.24, 2.45) is 0 Å². The molecule has 0 aliphatic rings. The fourth-order valence-electron chi connectivity index (χ4n) is 10.2. The summed E-state index contributed by atoms with van der Waals surface area (Å²) in [6, 6.07) is 79.7. The quantitative estimate of drug-likeness (QED) is 0.148. The molecule has 0 saturated heterocycles. The van der Waals surface area contributed by atoms with Crippen LogP contribution in [-0.4, -0.2) is 19.9 Å². The van der Waals surface area contributed by atoms with E-state index in [1.807, 2.05) is 66.7 Å². The van der Waals surface area contributed by atoms with E-state index in [1.54, 1.807) is 0 Å². The Hall–Kier alpha value is -9.52. The van der Waals surface area contributed by atoms with Crippen LogP contribution in [0.4, 0.5) is 0 Å². The van der Waals surface area contributed by atoms with E-state index in [1.165, 1.54) is 0 Å². The second kappa shape index (κ2) is 16.1. The van der Waals surface area contributed by atoms with Gasteiger partial charge in [0, 0.05) is 71.1 Å². The lowest BCUT2D eigenvalue weighted by Gasteiger charge is -2.11. The Labute approximate surface area is 401 Å². The van der Waals surface area contributed by atoms with Crippen molar-refractivity contribution in [3.05, 3.63) is 231 Å². The molecule has 0 saturated carbocycles. The average Bonchev–Trinajstić information content (AvgIpc) is 4.02. The van der Waals surface area contributed by atoms with E-state index < -0.39 is 0 Å². The molecule has 6 nitrogen and oxygen atoms in total. The van der Waals surface area contributed by atoms with Gasteiger partial charge in [0.15, 0.2) is 17.5 Å². The van der Waals surface area contributed by atoms with Crippen molar-refractivity contribution >= 4 is 65.6 Å². The van der Waals surface area contributed by atoms with Gasteiger partial charge in [-0.2, -0.15) is 0 Å². The minimum Gasteiger partial charge on any atom is -0.456 e. The maximum atomic E-state index is 6.96. The number of pyridine rings is 1. The van der Waals surface area contributed by atoms with Crippen LogP contribution in [0.5, 0.6) is 0 Å². The highest BCUT2D eigenvalue weighted by Gasteiger charge is 2.20.